The molecule has 0 radical (unpaired) electrons. The maximum atomic E-state index is 13.1. The molecule has 0 atom stereocenters. The molecule has 0 spiro atoms. The average molecular weight is 402 g/mol. The van der Waals surface area contributed by atoms with Crippen LogP contribution in [0.1, 0.15) is 27.8 Å². The number of nitrogens with one attached hydrogen (secondary N) is 1. The molecule has 1 N–H and O–H groups in total. The van der Waals surface area contributed by atoms with Gasteiger partial charge >= 0.3 is 0 Å². The number of carbonyl (C=O) groups excluding carboxylic acids is 2. The van der Waals surface area contributed by atoms with E-state index in [0.29, 0.717) is 49.2 Å². The SMILES string of the molecule is CC(=O)c1ccccc1NC(=O)c1cc(N2CCOCC2)nc(-c2ccccc2)n1. The number of nitrogens with zero attached hydrogens (tertiary/aromatic N) is 3. The Balaban J connectivity index is 1.71. The van der Waals surface area contributed by atoms with E-state index in [9.17, 15) is 9.59 Å². The number of rotatable bonds is 5. The van der Waals surface area contributed by atoms with E-state index in [0.717, 1.165) is 5.56 Å². The molecule has 4 rings (SSSR count). The number of morpholine rings is 1. The molecule has 1 saturated heterocycles. The fourth-order valence-corrected chi connectivity index (χ4v) is 3.31. The molecular formula is C23H22N4O3. The number of ketones is 1. The van der Waals surface area contributed by atoms with Gasteiger partial charge in [-0.05, 0) is 19.1 Å². The van der Waals surface area contributed by atoms with E-state index >= 15 is 0 Å². The molecule has 0 aliphatic carbocycles. The van der Waals surface area contributed by atoms with Crippen molar-refractivity contribution in [2.75, 3.05) is 36.5 Å². The summed E-state index contributed by atoms with van der Waals surface area (Å²) in [6.07, 6.45) is 0. The zero-order valence-electron chi connectivity index (χ0n) is 16.7. The summed E-state index contributed by atoms with van der Waals surface area (Å²) in [6, 6.07) is 18.2. The molecule has 1 aliphatic heterocycles. The van der Waals surface area contributed by atoms with E-state index in [1.165, 1.54) is 6.92 Å². The number of Topliss-reactive ketones (excluding diaryl/α,β-unsaturated/α-hetero) is 1. The lowest BCUT2D eigenvalue weighted by Gasteiger charge is -2.28. The van der Waals surface area contributed by atoms with Gasteiger partial charge in [-0.15, -0.1) is 0 Å². The average Bonchev–Trinajstić information content (AvgIpc) is 2.80. The third-order valence-corrected chi connectivity index (χ3v) is 4.87. The van der Waals surface area contributed by atoms with Crippen molar-refractivity contribution in [3.8, 4) is 11.4 Å². The Labute approximate surface area is 174 Å². The lowest BCUT2D eigenvalue weighted by atomic mass is 10.1. The third kappa shape index (κ3) is 4.36. The van der Waals surface area contributed by atoms with Crippen molar-refractivity contribution in [2.24, 2.45) is 0 Å². The first-order valence-electron chi connectivity index (χ1n) is 9.80. The molecule has 0 saturated carbocycles. The van der Waals surface area contributed by atoms with E-state index in [-0.39, 0.29) is 11.5 Å². The third-order valence-electron chi connectivity index (χ3n) is 4.87. The molecule has 0 unspecified atom stereocenters. The van der Waals surface area contributed by atoms with Gasteiger partial charge in [-0.2, -0.15) is 0 Å². The fourth-order valence-electron chi connectivity index (χ4n) is 3.31. The summed E-state index contributed by atoms with van der Waals surface area (Å²) in [6.45, 7) is 4.08. The van der Waals surface area contributed by atoms with Gasteiger partial charge < -0.3 is 15.0 Å². The Hall–Kier alpha value is -3.58. The second kappa shape index (κ2) is 8.84. The molecule has 7 nitrogen and oxygen atoms in total. The number of benzene rings is 2. The molecule has 1 aliphatic rings. The summed E-state index contributed by atoms with van der Waals surface area (Å²) in [5.41, 5.74) is 1.98. The van der Waals surface area contributed by atoms with Gasteiger partial charge in [-0.25, -0.2) is 9.97 Å². The monoisotopic (exact) mass is 402 g/mol. The molecule has 30 heavy (non-hydrogen) atoms. The zero-order valence-corrected chi connectivity index (χ0v) is 16.7. The van der Waals surface area contributed by atoms with Gasteiger partial charge in [0, 0.05) is 30.3 Å². The Kier molecular flexibility index (Phi) is 5.81. The maximum absolute atomic E-state index is 13.1. The standard InChI is InChI=1S/C23H22N4O3/c1-16(28)18-9-5-6-10-19(18)25-23(29)20-15-21(27-11-13-30-14-12-27)26-22(24-20)17-7-3-2-4-8-17/h2-10,15H,11-14H2,1H3,(H,25,29). The minimum Gasteiger partial charge on any atom is -0.378 e. The van der Waals surface area contributed by atoms with Crippen LogP contribution >= 0.6 is 0 Å². The van der Waals surface area contributed by atoms with Crippen LogP contribution in [0.3, 0.4) is 0 Å². The molecule has 1 amide bonds. The topological polar surface area (TPSA) is 84.4 Å². The number of amides is 1. The number of hydrogen-bond donors (Lipinski definition) is 1. The van der Waals surface area contributed by atoms with Crippen molar-refractivity contribution in [2.45, 2.75) is 6.92 Å². The van der Waals surface area contributed by atoms with Crippen LogP contribution in [0.5, 0.6) is 0 Å². The zero-order chi connectivity index (χ0) is 20.9. The number of carbonyl (C=O) groups is 2. The maximum Gasteiger partial charge on any atom is 0.274 e. The number of aromatic nitrogens is 2. The van der Waals surface area contributed by atoms with Crippen molar-refractivity contribution in [1.29, 1.82) is 0 Å². The van der Waals surface area contributed by atoms with E-state index in [1.54, 1.807) is 30.3 Å². The van der Waals surface area contributed by atoms with Gasteiger partial charge in [-0.3, -0.25) is 9.59 Å². The molecular weight excluding hydrogens is 380 g/mol. The summed E-state index contributed by atoms with van der Waals surface area (Å²) < 4.78 is 5.43. The number of ether oxygens (including phenoxy) is 1. The highest BCUT2D eigenvalue weighted by Crippen LogP contribution is 2.22. The molecule has 2 heterocycles. The normalized spacial score (nSPS) is 13.7. The Morgan fingerprint density at radius 1 is 0.967 bits per heavy atom. The van der Waals surface area contributed by atoms with Crippen molar-refractivity contribution in [3.63, 3.8) is 0 Å². The van der Waals surface area contributed by atoms with Crippen LogP contribution in [0.2, 0.25) is 0 Å². The summed E-state index contributed by atoms with van der Waals surface area (Å²) in [5.74, 6) is 0.645. The predicted molar refractivity (Wildman–Crippen MR) is 115 cm³/mol. The van der Waals surface area contributed by atoms with Crippen molar-refractivity contribution in [1.82, 2.24) is 9.97 Å². The van der Waals surface area contributed by atoms with Crippen LogP contribution in [0.15, 0.2) is 60.7 Å². The predicted octanol–water partition coefficient (Wildman–Crippen LogP) is 3.44. The lowest BCUT2D eigenvalue weighted by molar-refractivity contribution is 0.101. The summed E-state index contributed by atoms with van der Waals surface area (Å²) in [5, 5.41) is 2.82. The molecule has 7 heteroatoms. The van der Waals surface area contributed by atoms with Gasteiger partial charge in [0.15, 0.2) is 11.6 Å². The summed E-state index contributed by atoms with van der Waals surface area (Å²) >= 11 is 0. The van der Waals surface area contributed by atoms with Crippen molar-refractivity contribution < 1.29 is 14.3 Å². The second-order valence-electron chi connectivity index (χ2n) is 6.96. The first-order valence-corrected chi connectivity index (χ1v) is 9.80. The van der Waals surface area contributed by atoms with Crippen LogP contribution in [-0.2, 0) is 4.74 Å². The molecule has 0 bridgehead atoms. The minimum atomic E-state index is -0.391. The highest BCUT2D eigenvalue weighted by atomic mass is 16.5. The number of hydrogen-bond acceptors (Lipinski definition) is 6. The highest BCUT2D eigenvalue weighted by molar-refractivity contribution is 6.08. The van der Waals surface area contributed by atoms with Gasteiger partial charge in [-0.1, -0.05) is 42.5 Å². The minimum absolute atomic E-state index is 0.118. The molecule has 1 aromatic heterocycles. The van der Waals surface area contributed by atoms with Crippen LogP contribution in [0, 0.1) is 0 Å². The van der Waals surface area contributed by atoms with Gasteiger partial charge in [0.25, 0.3) is 5.91 Å². The van der Waals surface area contributed by atoms with E-state index in [1.807, 2.05) is 30.3 Å². The van der Waals surface area contributed by atoms with Crippen LogP contribution < -0.4 is 10.2 Å². The Morgan fingerprint density at radius 2 is 1.67 bits per heavy atom. The van der Waals surface area contributed by atoms with Gasteiger partial charge in [0.1, 0.15) is 11.5 Å². The Bertz CT molecular complexity index is 1060. The smallest absolute Gasteiger partial charge is 0.274 e. The first kappa shape index (κ1) is 19.7. The molecule has 152 valence electrons. The molecule has 1 fully saturated rings. The van der Waals surface area contributed by atoms with E-state index in [4.69, 9.17) is 4.74 Å². The number of para-hydroxylation sites is 1. The van der Waals surface area contributed by atoms with E-state index in [2.05, 4.69) is 20.2 Å². The number of anilines is 2. The molecule has 2 aromatic carbocycles. The van der Waals surface area contributed by atoms with Gasteiger partial charge in [0.2, 0.25) is 0 Å². The summed E-state index contributed by atoms with van der Waals surface area (Å²) in [4.78, 5) is 36.2. The van der Waals surface area contributed by atoms with Crippen molar-refractivity contribution >= 4 is 23.2 Å². The quantitative estimate of drug-likeness (QED) is 0.658. The largest absolute Gasteiger partial charge is 0.378 e. The fraction of sp³-hybridized carbons (Fsp3) is 0.217. The summed E-state index contributed by atoms with van der Waals surface area (Å²) in [7, 11) is 0. The molecule has 3 aromatic rings. The lowest BCUT2D eigenvalue weighted by Crippen LogP contribution is -2.37. The second-order valence-corrected chi connectivity index (χ2v) is 6.96. The van der Waals surface area contributed by atoms with Crippen LogP contribution in [-0.4, -0.2) is 48.0 Å². The first-order chi connectivity index (χ1) is 14.6. The Morgan fingerprint density at radius 3 is 2.40 bits per heavy atom. The van der Waals surface area contributed by atoms with E-state index < -0.39 is 5.91 Å². The van der Waals surface area contributed by atoms with Crippen molar-refractivity contribution in [3.05, 3.63) is 71.9 Å². The van der Waals surface area contributed by atoms with Gasteiger partial charge in [0.05, 0.1) is 18.9 Å². The van der Waals surface area contributed by atoms with Crippen LogP contribution in [0.4, 0.5) is 11.5 Å². The van der Waals surface area contributed by atoms with Crippen LogP contribution in [0.25, 0.3) is 11.4 Å². The highest BCUT2D eigenvalue weighted by Gasteiger charge is 2.19.